The smallest absolute Gasteiger partial charge is 0.350 e. The second-order valence-electron chi connectivity index (χ2n) is 7.26. The Bertz CT molecular complexity index is 1070. The normalized spacial score (nSPS) is 10.8. The molecule has 0 radical (unpaired) electrons. The number of oxazole rings is 1. The molecular weight excluding hydrogens is 414 g/mol. The van der Waals surface area contributed by atoms with Crippen molar-refractivity contribution in [1.29, 1.82) is 0 Å². The minimum atomic E-state index is -0.482. The first-order valence-electron chi connectivity index (χ1n) is 9.97. The topological polar surface area (TPSA) is 94.3 Å². The van der Waals surface area contributed by atoms with Crippen LogP contribution < -0.4 is 5.32 Å². The van der Waals surface area contributed by atoms with Crippen LogP contribution in [-0.4, -0.2) is 28.5 Å². The third-order valence-electron chi connectivity index (χ3n) is 4.54. The molecule has 3 rings (SSSR count). The lowest BCUT2D eigenvalue weighted by Gasteiger charge is -2.05. The summed E-state index contributed by atoms with van der Waals surface area (Å²) in [5.41, 5.74) is 2.71. The van der Waals surface area contributed by atoms with Crippen LogP contribution in [0, 0.1) is 6.92 Å². The molecule has 0 aliphatic heterocycles. The molecule has 0 bridgehead atoms. The molecule has 8 heteroatoms. The second-order valence-corrected chi connectivity index (χ2v) is 8.26. The number of benzene rings is 1. The van der Waals surface area contributed by atoms with E-state index in [1.165, 1.54) is 11.6 Å². The van der Waals surface area contributed by atoms with Gasteiger partial charge < -0.3 is 14.5 Å². The summed E-state index contributed by atoms with van der Waals surface area (Å²) in [5, 5.41) is 3.06. The van der Waals surface area contributed by atoms with Gasteiger partial charge in [-0.15, -0.1) is 0 Å². The Morgan fingerprint density at radius 2 is 2.03 bits per heavy atom. The molecule has 0 fully saturated rings. The molecular formula is C23H25N3O4S. The van der Waals surface area contributed by atoms with Crippen molar-refractivity contribution >= 4 is 28.3 Å². The van der Waals surface area contributed by atoms with Crippen molar-refractivity contribution in [1.82, 2.24) is 9.97 Å². The van der Waals surface area contributed by atoms with E-state index in [1.54, 1.807) is 13.1 Å². The molecule has 0 spiro atoms. The van der Waals surface area contributed by atoms with Gasteiger partial charge in [0.2, 0.25) is 5.91 Å². The third-order valence-corrected chi connectivity index (χ3v) is 5.59. The van der Waals surface area contributed by atoms with E-state index < -0.39 is 5.97 Å². The molecule has 1 amide bonds. The molecule has 0 aliphatic rings. The number of esters is 1. The molecule has 0 unspecified atom stereocenters. The Morgan fingerprint density at radius 1 is 1.29 bits per heavy atom. The van der Waals surface area contributed by atoms with Gasteiger partial charge in [-0.3, -0.25) is 4.79 Å². The summed E-state index contributed by atoms with van der Waals surface area (Å²) in [6.45, 7) is 9.62. The summed E-state index contributed by atoms with van der Waals surface area (Å²) in [5.74, 6) is 0.907. The fourth-order valence-electron chi connectivity index (χ4n) is 2.83. The maximum absolute atomic E-state index is 12.3. The van der Waals surface area contributed by atoms with E-state index in [-0.39, 0.29) is 18.9 Å². The quantitative estimate of drug-likeness (QED) is 0.366. The van der Waals surface area contributed by atoms with Gasteiger partial charge in [-0.1, -0.05) is 62.1 Å². The van der Waals surface area contributed by atoms with E-state index in [0.29, 0.717) is 39.7 Å². The zero-order valence-electron chi connectivity index (χ0n) is 17.8. The van der Waals surface area contributed by atoms with Gasteiger partial charge in [-0.05, 0) is 18.4 Å². The van der Waals surface area contributed by atoms with Gasteiger partial charge in [0.15, 0.2) is 16.8 Å². The van der Waals surface area contributed by atoms with Crippen LogP contribution in [0.3, 0.4) is 0 Å². The second kappa shape index (κ2) is 10.2. The number of carbonyl (C=O) groups excluding carboxylic acids is 2. The molecule has 0 saturated carbocycles. The number of rotatable bonds is 9. The summed E-state index contributed by atoms with van der Waals surface area (Å²) >= 11 is 1.08. The summed E-state index contributed by atoms with van der Waals surface area (Å²) < 4.78 is 10.8. The minimum absolute atomic E-state index is 0.123. The highest BCUT2D eigenvalue weighted by Gasteiger charge is 2.18. The predicted molar refractivity (Wildman–Crippen MR) is 120 cm³/mol. The van der Waals surface area contributed by atoms with Crippen LogP contribution in [-0.2, 0) is 16.0 Å². The van der Waals surface area contributed by atoms with Crippen molar-refractivity contribution in [3.05, 3.63) is 65.1 Å². The number of nitrogens with zero attached hydrogens (tertiary/aromatic N) is 2. The van der Waals surface area contributed by atoms with Crippen LogP contribution in [0.25, 0.3) is 11.3 Å². The van der Waals surface area contributed by atoms with E-state index in [2.05, 4.69) is 47.8 Å². The van der Waals surface area contributed by atoms with Crippen LogP contribution in [0.2, 0.25) is 0 Å². The van der Waals surface area contributed by atoms with Gasteiger partial charge in [-0.25, -0.2) is 14.8 Å². The predicted octanol–water partition coefficient (Wildman–Crippen LogP) is 5.14. The SMILES string of the molecule is C=CCOC(=O)c1sc(NC(=O)CCc2ncc(-c3ccc(C(C)C)cc3)o2)nc1C. The maximum atomic E-state index is 12.3. The van der Waals surface area contributed by atoms with Gasteiger partial charge in [0.1, 0.15) is 11.5 Å². The number of aromatic nitrogens is 2. The van der Waals surface area contributed by atoms with Crippen LogP contribution >= 0.6 is 11.3 Å². The first-order valence-corrected chi connectivity index (χ1v) is 10.8. The monoisotopic (exact) mass is 439 g/mol. The van der Waals surface area contributed by atoms with E-state index in [1.807, 2.05) is 12.1 Å². The molecule has 3 aromatic rings. The molecule has 31 heavy (non-hydrogen) atoms. The molecule has 0 saturated heterocycles. The van der Waals surface area contributed by atoms with E-state index in [9.17, 15) is 9.59 Å². The zero-order valence-corrected chi connectivity index (χ0v) is 18.6. The standard InChI is InChI=1S/C23H25N3O4S/c1-5-12-29-22(28)21-15(4)25-23(31-21)26-19(27)10-11-20-24-13-18(30-20)17-8-6-16(7-9-17)14(2)3/h5-9,13-14H,1,10-12H2,2-4H3,(H,25,26,27). The lowest BCUT2D eigenvalue weighted by Crippen LogP contribution is -2.12. The number of hydrogen-bond acceptors (Lipinski definition) is 7. The van der Waals surface area contributed by atoms with Crippen LogP contribution in [0.4, 0.5) is 5.13 Å². The lowest BCUT2D eigenvalue weighted by molar-refractivity contribution is -0.116. The van der Waals surface area contributed by atoms with Crippen molar-refractivity contribution in [3.8, 4) is 11.3 Å². The van der Waals surface area contributed by atoms with Gasteiger partial charge in [0, 0.05) is 18.4 Å². The van der Waals surface area contributed by atoms with Gasteiger partial charge >= 0.3 is 5.97 Å². The average molecular weight is 440 g/mol. The first-order chi connectivity index (χ1) is 14.9. The fourth-order valence-corrected chi connectivity index (χ4v) is 3.71. The molecule has 2 aromatic heterocycles. The molecule has 1 aromatic carbocycles. The first kappa shape index (κ1) is 22.4. The third kappa shape index (κ3) is 5.88. The molecule has 0 aliphatic carbocycles. The molecule has 0 atom stereocenters. The van der Waals surface area contributed by atoms with E-state index in [4.69, 9.17) is 9.15 Å². The number of hydrogen-bond donors (Lipinski definition) is 1. The van der Waals surface area contributed by atoms with Crippen LogP contribution in [0.5, 0.6) is 0 Å². The lowest BCUT2D eigenvalue weighted by atomic mass is 10.0. The fraction of sp³-hybridized carbons (Fsp3) is 0.304. The number of anilines is 1. The summed E-state index contributed by atoms with van der Waals surface area (Å²) in [6, 6.07) is 8.17. The molecule has 1 N–H and O–H groups in total. The molecule has 7 nitrogen and oxygen atoms in total. The van der Waals surface area contributed by atoms with Gasteiger partial charge in [-0.2, -0.15) is 0 Å². The number of amides is 1. The summed E-state index contributed by atoms with van der Waals surface area (Å²) in [7, 11) is 0. The Morgan fingerprint density at radius 3 is 2.71 bits per heavy atom. The minimum Gasteiger partial charge on any atom is -0.457 e. The van der Waals surface area contributed by atoms with Crippen molar-refractivity contribution in [2.75, 3.05) is 11.9 Å². The number of nitrogens with one attached hydrogen (secondary N) is 1. The molecule has 162 valence electrons. The molecule has 2 heterocycles. The van der Waals surface area contributed by atoms with Crippen LogP contribution in [0.15, 0.2) is 47.5 Å². The van der Waals surface area contributed by atoms with Crippen molar-refractivity contribution < 1.29 is 18.7 Å². The highest BCUT2D eigenvalue weighted by atomic mass is 32.1. The van der Waals surface area contributed by atoms with Crippen LogP contribution in [0.1, 0.15) is 53.0 Å². The van der Waals surface area contributed by atoms with Gasteiger partial charge in [0.25, 0.3) is 0 Å². The van der Waals surface area contributed by atoms with Gasteiger partial charge in [0.05, 0.1) is 11.9 Å². The summed E-state index contributed by atoms with van der Waals surface area (Å²) in [6.07, 6.45) is 3.70. The largest absolute Gasteiger partial charge is 0.457 e. The number of thiazole rings is 1. The number of ether oxygens (including phenoxy) is 1. The number of carbonyl (C=O) groups is 2. The number of aryl methyl sites for hydroxylation is 2. The Kier molecular flexibility index (Phi) is 7.36. The van der Waals surface area contributed by atoms with E-state index in [0.717, 1.165) is 16.9 Å². The van der Waals surface area contributed by atoms with Crippen molar-refractivity contribution in [3.63, 3.8) is 0 Å². The highest BCUT2D eigenvalue weighted by Crippen LogP contribution is 2.25. The zero-order chi connectivity index (χ0) is 22.4. The highest BCUT2D eigenvalue weighted by molar-refractivity contribution is 7.17. The Hall–Kier alpha value is -3.26. The van der Waals surface area contributed by atoms with E-state index >= 15 is 0 Å². The average Bonchev–Trinajstić information content (AvgIpc) is 3.37. The Labute approximate surface area is 185 Å². The maximum Gasteiger partial charge on any atom is 0.350 e. The summed E-state index contributed by atoms with van der Waals surface area (Å²) in [4.78, 5) is 33.1. The Balaban J connectivity index is 1.55. The van der Waals surface area contributed by atoms with Crippen molar-refractivity contribution in [2.24, 2.45) is 0 Å². The van der Waals surface area contributed by atoms with Crippen molar-refractivity contribution in [2.45, 2.75) is 39.5 Å².